The van der Waals surface area contributed by atoms with Crippen LogP contribution >= 0.6 is 0 Å². The van der Waals surface area contributed by atoms with E-state index in [0.29, 0.717) is 16.6 Å². The Hall–Kier alpha value is -3.13. The first-order valence-electron chi connectivity index (χ1n) is 7.68. The number of rotatable bonds is 5. The van der Waals surface area contributed by atoms with Crippen LogP contribution in [0.3, 0.4) is 0 Å². The molecule has 134 valence electrons. The van der Waals surface area contributed by atoms with Crippen LogP contribution in [0.5, 0.6) is 0 Å². The third kappa shape index (κ3) is 3.92. The smallest absolute Gasteiger partial charge is 0.340 e. The summed E-state index contributed by atoms with van der Waals surface area (Å²) < 4.78 is 28.1. The Morgan fingerprint density at radius 1 is 1.12 bits per heavy atom. The molecule has 1 amide bonds. The number of H-pyrrole nitrogens is 1. The van der Waals surface area contributed by atoms with Crippen molar-refractivity contribution in [1.82, 2.24) is 4.98 Å². The van der Waals surface area contributed by atoms with Crippen LogP contribution in [0.15, 0.2) is 59.6 Å². The molecule has 0 unspecified atom stereocenters. The molecular weight excluding hydrogens is 356 g/mol. The third-order valence-corrected chi connectivity index (χ3v) is 4.80. The van der Waals surface area contributed by atoms with Crippen molar-refractivity contribution in [3.05, 3.63) is 60.3 Å². The van der Waals surface area contributed by atoms with E-state index >= 15 is 0 Å². The number of hydrogen-bond donors (Lipinski definition) is 2. The number of nitrogens with one attached hydrogen (secondary N) is 2. The number of aromatic amines is 1. The van der Waals surface area contributed by atoms with Gasteiger partial charge in [-0.25, -0.2) is 13.2 Å². The molecule has 3 aromatic rings. The van der Waals surface area contributed by atoms with Gasteiger partial charge in [0.25, 0.3) is 5.91 Å². The summed E-state index contributed by atoms with van der Waals surface area (Å²) in [7, 11) is -3.38. The molecule has 0 atom stereocenters. The quantitative estimate of drug-likeness (QED) is 0.669. The average Bonchev–Trinajstić information content (AvgIpc) is 3.03. The van der Waals surface area contributed by atoms with Crippen LogP contribution in [-0.4, -0.2) is 38.1 Å². The van der Waals surface area contributed by atoms with Crippen LogP contribution in [0.1, 0.15) is 10.4 Å². The summed E-state index contributed by atoms with van der Waals surface area (Å²) in [5, 5.41) is 3.21. The molecular formula is C18H16N2O5S. The second-order valence-corrected chi connectivity index (χ2v) is 7.69. The number of benzene rings is 2. The largest absolute Gasteiger partial charge is 0.452 e. The zero-order valence-corrected chi connectivity index (χ0v) is 14.7. The van der Waals surface area contributed by atoms with Gasteiger partial charge >= 0.3 is 5.97 Å². The van der Waals surface area contributed by atoms with Crippen LogP contribution < -0.4 is 5.32 Å². The van der Waals surface area contributed by atoms with Crippen molar-refractivity contribution < 1.29 is 22.7 Å². The first-order chi connectivity index (χ1) is 12.3. The summed E-state index contributed by atoms with van der Waals surface area (Å²) in [5.74, 6) is -1.19. The normalized spacial score (nSPS) is 11.3. The lowest BCUT2D eigenvalue weighted by Crippen LogP contribution is -2.21. The Balaban J connectivity index is 1.63. The maximum atomic E-state index is 12.2. The predicted molar refractivity (Wildman–Crippen MR) is 96.8 cm³/mol. The molecule has 0 spiro atoms. The second kappa shape index (κ2) is 7.01. The molecule has 2 N–H and O–H groups in total. The van der Waals surface area contributed by atoms with Crippen molar-refractivity contribution in [2.75, 3.05) is 18.2 Å². The SMILES string of the molecule is CS(=O)(=O)c1cccc(NC(=O)COC(=O)c2c[nH]c3ccccc23)c1. The molecule has 1 aromatic heterocycles. The highest BCUT2D eigenvalue weighted by Crippen LogP contribution is 2.19. The molecule has 0 saturated heterocycles. The number of ether oxygens (including phenoxy) is 1. The van der Waals surface area contributed by atoms with E-state index in [0.717, 1.165) is 11.8 Å². The van der Waals surface area contributed by atoms with Crippen LogP contribution in [-0.2, 0) is 19.4 Å². The summed E-state index contributed by atoms with van der Waals surface area (Å²) in [4.78, 5) is 27.2. The Labute approximate surface area is 149 Å². The van der Waals surface area contributed by atoms with E-state index in [1.54, 1.807) is 18.2 Å². The first-order valence-corrected chi connectivity index (χ1v) is 9.57. The van der Waals surface area contributed by atoms with Crippen LogP contribution in [0, 0.1) is 0 Å². The van der Waals surface area contributed by atoms with Gasteiger partial charge < -0.3 is 15.0 Å². The van der Waals surface area contributed by atoms with Crippen molar-refractivity contribution in [2.24, 2.45) is 0 Å². The van der Waals surface area contributed by atoms with E-state index in [9.17, 15) is 18.0 Å². The molecule has 0 aliphatic carbocycles. The van der Waals surface area contributed by atoms with Gasteiger partial charge in [0.1, 0.15) is 0 Å². The van der Waals surface area contributed by atoms with Gasteiger partial charge in [0, 0.05) is 29.0 Å². The minimum absolute atomic E-state index is 0.0890. The molecule has 7 nitrogen and oxygen atoms in total. The number of carbonyl (C=O) groups excluding carboxylic acids is 2. The molecule has 3 rings (SSSR count). The van der Waals surface area contributed by atoms with Gasteiger partial charge in [-0.15, -0.1) is 0 Å². The van der Waals surface area contributed by atoms with Gasteiger partial charge in [0.2, 0.25) is 0 Å². The minimum atomic E-state index is -3.38. The Bertz CT molecular complexity index is 1090. The standard InChI is InChI=1S/C18H16N2O5S/c1-26(23,24)13-6-4-5-12(9-13)20-17(21)11-25-18(22)15-10-19-16-8-3-2-7-14(15)16/h2-10,19H,11H2,1H3,(H,20,21). The van der Waals surface area contributed by atoms with Gasteiger partial charge in [-0.3, -0.25) is 4.79 Å². The van der Waals surface area contributed by atoms with Crippen LogP contribution in [0.4, 0.5) is 5.69 Å². The summed E-state index contributed by atoms with van der Waals surface area (Å²) >= 11 is 0. The highest BCUT2D eigenvalue weighted by Gasteiger charge is 2.15. The zero-order valence-electron chi connectivity index (χ0n) is 13.9. The van der Waals surface area contributed by atoms with Crippen molar-refractivity contribution in [3.63, 3.8) is 0 Å². The second-order valence-electron chi connectivity index (χ2n) is 5.67. The van der Waals surface area contributed by atoms with Gasteiger partial charge in [-0.1, -0.05) is 24.3 Å². The molecule has 0 fully saturated rings. The van der Waals surface area contributed by atoms with E-state index in [4.69, 9.17) is 4.74 Å². The number of aromatic nitrogens is 1. The lowest BCUT2D eigenvalue weighted by atomic mass is 10.2. The number of fused-ring (bicyclic) bond motifs is 1. The number of anilines is 1. The fourth-order valence-electron chi connectivity index (χ4n) is 2.45. The van der Waals surface area contributed by atoms with E-state index in [1.807, 2.05) is 12.1 Å². The molecule has 26 heavy (non-hydrogen) atoms. The fourth-order valence-corrected chi connectivity index (χ4v) is 3.12. The number of sulfone groups is 1. The Morgan fingerprint density at radius 2 is 1.88 bits per heavy atom. The molecule has 0 saturated carbocycles. The number of para-hydroxylation sites is 1. The average molecular weight is 372 g/mol. The monoisotopic (exact) mass is 372 g/mol. The van der Waals surface area contributed by atoms with Gasteiger partial charge in [0.05, 0.1) is 10.5 Å². The highest BCUT2D eigenvalue weighted by atomic mass is 32.2. The van der Waals surface area contributed by atoms with E-state index in [-0.39, 0.29) is 4.90 Å². The lowest BCUT2D eigenvalue weighted by molar-refractivity contribution is -0.119. The summed E-state index contributed by atoms with van der Waals surface area (Å²) in [5.41, 5.74) is 1.44. The minimum Gasteiger partial charge on any atom is -0.452 e. The number of carbonyl (C=O) groups is 2. The lowest BCUT2D eigenvalue weighted by Gasteiger charge is -2.07. The highest BCUT2D eigenvalue weighted by molar-refractivity contribution is 7.90. The number of esters is 1. The van der Waals surface area contributed by atoms with E-state index in [2.05, 4.69) is 10.3 Å². The molecule has 0 bridgehead atoms. The zero-order chi connectivity index (χ0) is 18.7. The topological polar surface area (TPSA) is 105 Å². The van der Waals surface area contributed by atoms with Gasteiger partial charge in [0.15, 0.2) is 16.4 Å². The fraction of sp³-hybridized carbons (Fsp3) is 0.111. The molecule has 0 radical (unpaired) electrons. The first kappa shape index (κ1) is 17.7. The van der Waals surface area contributed by atoms with Crippen molar-refractivity contribution in [1.29, 1.82) is 0 Å². The third-order valence-electron chi connectivity index (χ3n) is 3.69. The van der Waals surface area contributed by atoms with E-state index in [1.165, 1.54) is 24.4 Å². The summed E-state index contributed by atoms with van der Waals surface area (Å²) in [6, 6.07) is 13.1. The molecule has 2 aromatic carbocycles. The molecule has 1 heterocycles. The Kier molecular flexibility index (Phi) is 4.77. The van der Waals surface area contributed by atoms with Crippen molar-refractivity contribution >= 4 is 38.3 Å². The Morgan fingerprint density at radius 3 is 2.65 bits per heavy atom. The van der Waals surface area contributed by atoms with Crippen molar-refractivity contribution in [2.45, 2.75) is 4.90 Å². The van der Waals surface area contributed by atoms with Crippen LogP contribution in [0.2, 0.25) is 0 Å². The maximum Gasteiger partial charge on any atom is 0.340 e. The molecule has 0 aliphatic heterocycles. The summed E-state index contributed by atoms with van der Waals surface area (Å²) in [6.45, 7) is -0.485. The van der Waals surface area contributed by atoms with Crippen LogP contribution in [0.25, 0.3) is 10.9 Å². The summed E-state index contributed by atoms with van der Waals surface area (Å²) in [6.07, 6.45) is 2.61. The number of amides is 1. The van der Waals surface area contributed by atoms with E-state index < -0.39 is 28.3 Å². The van der Waals surface area contributed by atoms with Gasteiger partial charge in [-0.2, -0.15) is 0 Å². The van der Waals surface area contributed by atoms with Crippen molar-refractivity contribution in [3.8, 4) is 0 Å². The molecule has 0 aliphatic rings. The predicted octanol–water partition coefficient (Wildman–Crippen LogP) is 2.37. The van der Waals surface area contributed by atoms with Gasteiger partial charge in [-0.05, 0) is 24.3 Å². The molecule has 8 heteroatoms. The maximum absolute atomic E-state index is 12.2. The number of hydrogen-bond acceptors (Lipinski definition) is 5.